The Labute approximate surface area is 226 Å². The van der Waals surface area contributed by atoms with Gasteiger partial charge in [-0.2, -0.15) is 0 Å². The van der Waals surface area contributed by atoms with Crippen LogP contribution in [-0.4, -0.2) is 23.3 Å². The highest BCUT2D eigenvalue weighted by atomic mass is 32.2. The molecule has 4 atom stereocenters. The van der Waals surface area contributed by atoms with Gasteiger partial charge in [-0.05, 0) is 61.9 Å². The van der Waals surface area contributed by atoms with Gasteiger partial charge in [0.25, 0.3) is 0 Å². The average Bonchev–Trinajstić information content (AvgIpc) is 3.57. The number of rotatable bonds is 7. The lowest BCUT2D eigenvalue weighted by atomic mass is 9.76. The van der Waals surface area contributed by atoms with E-state index < -0.39 is 0 Å². The third-order valence-corrected chi connectivity index (χ3v) is 9.56. The molecule has 1 aliphatic heterocycles. The van der Waals surface area contributed by atoms with E-state index in [4.69, 9.17) is 9.73 Å². The van der Waals surface area contributed by atoms with Gasteiger partial charge in [0, 0.05) is 22.4 Å². The summed E-state index contributed by atoms with van der Waals surface area (Å²) in [6, 6.07) is 14.9. The van der Waals surface area contributed by atoms with Gasteiger partial charge in [-0.3, -0.25) is 4.99 Å². The zero-order valence-electron chi connectivity index (χ0n) is 22.5. The molecule has 2 heterocycles. The van der Waals surface area contributed by atoms with Crippen molar-refractivity contribution in [3.8, 4) is 0 Å². The first kappa shape index (κ1) is 26.1. The van der Waals surface area contributed by atoms with Crippen LogP contribution < -0.4 is 0 Å². The number of benzene rings is 1. The second-order valence-corrected chi connectivity index (χ2v) is 12.1. The first-order valence-electron chi connectivity index (χ1n) is 14.2. The van der Waals surface area contributed by atoms with Crippen molar-refractivity contribution in [3.05, 3.63) is 71.2 Å². The molecule has 0 bridgehead atoms. The molecular weight excluding hydrogens is 476 g/mol. The zero-order valence-corrected chi connectivity index (χ0v) is 23.3. The van der Waals surface area contributed by atoms with Crippen molar-refractivity contribution in [1.29, 1.82) is 0 Å². The second-order valence-electron chi connectivity index (χ2n) is 11.0. The molecule has 5 heteroatoms. The summed E-state index contributed by atoms with van der Waals surface area (Å²) in [6.45, 7) is 6.93. The predicted molar refractivity (Wildman–Crippen MR) is 154 cm³/mol. The molecular formula is C32H40N2O2S. The minimum atomic E-state index is -0.249. The number of nitrogens with one attached hydrogen (secondary N) is 1. The molecule has 2 fully saturated rings. The Hall–Kier alpha value is -2.53. The normalized spacial score (nSPS) is 27.4. The van der Waals surface area contributed by atoms with Crippen LogP contribution in [-0.2, 0) is 9.53 Å². The highest BCUT2D eigenvalue weighted by Crippen LogP contribution is 2.43. The summed E-state index contributed by atoms with van der Waals surface area (Å²) in [5, 5.41) is 0. The fraction of sp³-hybridized carbons (Fsp3) is 0.500. The van der Waals surface area contributed by atoms with Crippen molar-refractivity contribution >= 4 is 28.3 Å². The van der Waals surface area contributed by atoms with Gasteiger partial charge in [0.2, 0.25) is 0 Å². The number of H-pyrrole nitrogens is 1. The smallest absolute Gasteiger partial charge is 0.340 e. The maximum Gasteiger partial charge on any atom is 0.340 e. The van der Waals surface area contributed by atoms with Gasteiger partial charge in [0.15, 0.2) is 0 Å². The number of aromatic nitrogens is 1. The van der Waals surface area contributed by atoms with Gasteiger partial charge in [0.05, 0.1) is 34.2 Å². The third-order valence-electron chi connectivity index (χ3n) is 8.42. The lowest BCUT2D eigenvalue weighted by molar-refractivity contribution is -0.137. The number of aliphatic imine (C=N–C) groups is 1. The van der Waals surface area contributed by atoms with E-state index in [9.17, 15) is 4.79 Å². The number of carbonyl (C=O) groups excluding carboxylic acids is 1. The molecule has 0 radical (unpaired) electrons. The largest absolute Gasteiger partial charge is 0.462 e. The van der Waals surface area contributed by atoms with Crippen molar-refractivity contribution in [2.45, 2.75) is 83.0 Å². The van der Waals surface area contributed by atoms with Gasteiger partial charge in [-0.25, -0.2) is 4.79 Å². The van der Waals surface area contributed by atoms with Gasteiger partial charge in [-0.1, -0.05) is 82.3 Å². The van der Waals surface area contributed by atoms with E-state index in [0.29, 0.717) is 35.9 Å². The van der Waals surface area contributed by atoms with Crippen molar-refractivity contribution in [2.75, 3.05) is 6.61 Å². The number of nitrogens with zero attached hydrogens (tertiary/aromatic N) is 1. The fourth-order valence-electron chi connectivity index (χ4n) is 6.32. The second kappa shape index (κ2) is 11.9. The number of allylic oxidation sites excluding steroid dienone is 1. The minimum absolute atomic E-state index is 0.249. The van der Waals surface area contributed by atoms with Crippen LogP contribution in [0.5, 0.6) is 0 Å². The molecule has 0 saturated heterocycles. The Morgan fingerprint density at radius 3 is 2.30 bits per heavy atom. The summed E-state index contributed by atoms with van der Waals surface area (Å²) in [7, 11) is 0. The molecule has 3 aliphatic rings. The van der Waals surface area contributed by atoms with Crippen LogP contribution in [0.25, 0.3) is 4.91 Å². The molecule has 0 amide bonds. The summed E-state index contributed by atoms with van der Waals surface area (Å²) in [5.74, 6) is 1.83. The molecule has 4 nitrogen and oxygen atoms in total. The Balaban J connectivity index is 1.58. The Bertz CT molecular complexity index is 1190. The van der Waals surface area contributed by atoms with Crippen LogP contribution in [0.15, 0.2) is 69.7 Å². The molecule has 4 unspecified atom stereocenters. The monoisotopic (exact) mass is 516 g/mol. The zero-order chi connectivity index (χ0) is 25.8. The lowest BCUT2D eigenvalue weighted by Gasteiger charge is -2.29. The molecule has 1 aromatic heterocycles. The molecule has 2 saturated carbocycles. The molecule has 5 rings (SSSR count). The number of aromatic amines is 1. The first-order chi connectivity index (χ1) is 18.0. The van der Waals surface area contributed by atoms with E-state index in [1.807, 2.05) is 19.1 Å². The molecule has 196 valence electrons. The number of ether oxygens (including phenoxy) is 1. The summed E-state index contributed by atoms with van der Waals surface area (Å²) in [5.41, 5.74) is 4.85. The fourth-order valence-corrected chi connectivity index (χ4v) is 7.28. The van der Waals surface area contributed by atoms with E-state index in [0.717, 1.165) is 33.3 Å². The van der Waals surface area contributed by atoms with Gasteiger partial charge in [0.1, 0.15) is 0 Å². The Morgan fingerprint density at radius 2 is 1.62 bits per heavy atom. The van der Waals surface area contributed by atoms with E-state index in [1.54, 1.807) is 11.8 Å². The SMILES string of the molecule is CCOC(=O)C1=C/C(=C(\Sc2ccccc2)c2ccc(C3CCCCC3C)[nH]2)N=C1C1CCCCC1C. The molecule has 2 aromatic rings. The molecule has 1 aromatic carbocycles. The van der Waals surface area contributed by atoms with Crippen LogP contribution in [0.1, 0.15) is 89.4 Å². The van der Waals surface area contributed by atoms with E-state index in [-0.39, 0.29) is 5.97 Å². The molecule has 37 heavy (non-hydrogen) atoms. The Kier molecular flexibility index (Phi) is 8.39. The van der Waals surface area contributed by atoms with Crippen LogP contribution in [0.2, 0.25) is 0 Å². The van der Waals surface area contributed by atoms with Gasteiger partial charge < -0.3 is 9.72 Å². The van der Waals surface area contributed by atoms with Gasteiger partial charge >= 0.3 is 5.97 Å². The highest BCUT2D eigenvalue weighted by Gasteiger charge is 2.35. The Morgan fingerprint density at radius 1 is 0.946 bits per heavy atom. The van der Waals surface area contributed by atoms with E-state index >= 15 is 0 Å². The first-order valence-corrected chi connectivity index (χ1v) is 15.0. The van der Waals surface area contributed by atoms with Crippen LogP contribution >= 0.6 is 11.8 Å². The van der Waals surface area contributed by atoms with Crippen molar-refractivity contribution in [1.82, 2.24) is 4.98 Å². The third kappa shape index (κ3) is 5.82. The average molecular weight is 517 g/mol. The highest BCUT2D eigenvalue weighted by molar-refractivity contribution is 8.08. The minimum Gasteiger partial charge on any atom is -0.462 e. The number of esters is 1. The summed E-state index contributed by atoms with van der Waals surface area (Å²) < 4.78 is 5.50. The molecule has 2 aliphatic carbocycles. The standard InChI is InChI=1S/C32H40N2O2S/c1-4-36-32(35)26-20-29(34-30(26)25-17-11-9-13-22(25)3)31(37-23-14-6-5-7-15-23)28-19-18-27(33-28)24-16-10-8-12-21(24)2/h5-7,14-15,18-22,24-25,33H,4,8-13,16-17H2,1-3H3/b31-29+. The number of carbonyl (C=O) groups is 1. The van der Waals surface area contributed by atoms with E-state index in [2.05, 4.69) is 55.2 Å². The van der Waals surface area contributed by atoms with Gasteiger partial charge in [-0.15, -0.1) is 0 Å². The van der Waals surface area contributed by atoms with Crippen LogP contribution in [0.4, 0.5) is 0 Å². The topological polar surface area (TPSA) is 54.5 Å². The summed E-state index contributed by atoms with van der Waals surface area (Å²) in [4.78, 5) is 24.3. The lowest BCUT2D eigenvalue weighted by Crippen LogP contribution is -2.28. The van der Waals surface area contributed by atoms with E-state index in [1.165, 1.54) is 50.6 Å². The van der Waals surface area contributed by atoms with Crippen molar-refractivity contribution in [2.24, 2.45) is 22.7 Å². The maximum absolute atomic E-state index is 13.1. The number of thioether (sulfide) groups is 1. The predicted octanol–water partition coefficient (Wildman–Crippen LogP) is 8.54. The number of hydrogen-bond donors (Lipinski definition) is 1. The maximum atomic E-state index is 13.1. The quantitative estimate of drug-likeness (QED) is 0.296. The molecule has 0 spiro atoms. The van der Waals surface area contributed by atoms with Crippen LogP contribution in [0.3, 0.4) is 0 Å². The molecule has 1 N–H and O–H groups in total. The number of hydrogen-bond acceptors (Lipinski definition) is 4. The van der Waals surface area contributed by atoms with Crippen LogP contribution in [0, 0.1) is 17.8 Å². The van der Waals surface area contributed by atoms with Crippen molar-refractivity contribution < 1.29 is 9.53 Å². The summed E-state index contributed by atoms with van der Waals surface area (Å²) in [6.07, 6.45) is 11.9. The summed E-state index contributed by atoms with van der Waals surface area (Å²) >= 11 is 1.72. The van der Waals surface area contributed by atoms with Crippen molar-refractivity contribution in [3.63, 3.8) is 0 Å².